The summed E-state index contributed by atoms with van der Waals surface area (Å²) < 4.78 is 41.2. The van der Waals surface area contributed by atoms with Crippen molar-refractivity contribution in [1.29, 1.82) is 0 Å². The molecule has 2 heterocycles. The van der Waals surface area contributed by atoms with Crippen molar-refractivity contribution < 1.29 is 13.2 Å². The molecule has 0 aliphatic rings. The Kier molecular flexibility index (Phi) is 5.34. The maximum absolute atomic E-state index is 13.2. The van der Waals surface area contributed by atoms with Crippen molar-refractivity contribution >= 4 is 22.5 Å². The van der Waals surface area contributed by atoms with Gasteiger partial charge in [-0.05, 0) is 34.7 Å². The molecule has 0 spiro atoms. The second-order valence-electron chi connectivity index (χ2n) is 6.65. The molecular formula is C22H16F3N3OS. The summed E-state index contributed by atoms with van der Waals surface area (Å²) >= 11 is 1.03. The SMILES string of the molecule is CSc1nc(-c2ccc(=O)n(Cc3cccc4ccccc34)c2)cc(C(F)(F)F)n1. The average molecular weight is 427 g/mol. The number of fused-ring (bicyclic) bond motifs is 1. The largest absolute Gasteiger partial charge is 0.433 e. The van der Waals surface area contributed by atoms with Crippen molar-refractivity contribution in [2.45, 2.75) is 17.9 Å². The van der Waals surface area contributed by atoms with Crippen LogP contribution in [-0.4, -0.2) is 20.8 Å². The first-order chi connectivity index (χ1) is 14.3. The van der Waals surface area contributed by atoms with E-state index in [-0.39, 0.29) is 16.4 Å². The maximum atomic E-state index is 13.2. The van der Waals surface area contributed by atoms with Crippen LogP contribution in [0, 0.1) is 0 Å². The fourth-order valence-electron chi connectivity index (χ4n) is 3.23. The van der Waals surface area contributed by atoms with Crippen LogP contribution in [0.2, 0.25) is 0 Å². The molecule has 0 unspecified atom stereocenters. The summed E-state index contributed by atoms with van der Waals surface area (Å²) in [6.45, 7) is 0.292. The van der Waals surface area contributed by atoms with Gasteiger partial charge in [-0.25, -0.2) is 9.97 Å². The van der Waals surface area contributed by atoms with E-state index < -0.39 is 11.9 Å². The van der Waals surface area contributed by atoms with Gasteiger partial charge in [0.15, 0.2) is 5.16 Å². The Hall–Kier alpha value is -3.13. The van der Waals surface area contributed by atoms with Crippen LogP contribution in [0.25, 0.3) is 22.0 Å². The Labute approximate surface area is 174 Å². The summed E-state index contributed by atoms with van der Waals surface area (Å²) in [5.74, 6) is 0. The third-order valence-corrected chi connectivity index (χ3v) is 5.23. The first-order valence-electron chi connectivity index (χ1n) is 9.03. The van der Waals surface area contributed by atoms with Gasteiger partial charge in [0.1, 0.15) is 5.69 Å². The van der Waals surface area contributed by atoms with Gasteiger partial charge < -0.3 is 4.57 Å². The van der Waals surface area contributed by atoms with Gasteiger partial charge in [0.2, 0.25) is 0 Å². The molecule has 152 valence electrons. The minimum Gasteiger partial charge on any atom is -0.310 e. The Bertz CT molecular complexity index is 1280. The van der Waals surface area contributed by atoms with E-state index in [4.69, 9.17) is 0 Å². The van der Waals surface area contributed by atoms with E-state index in [1.165, 1.54) is 22.9 Å². The molecule has 8 heteroatoms. The fraction of sp³-hybridized carbons (Fsp3) is 0.136. The molecular weight excluding hydrogens is 411 g/mol. The molecule has 4 aromatic rings. The number of rotatable bonds is 4. The van der Waals surface area contributed by atoms with E-state index in [1.54, 1.807) is 6.26 Å². The number of pyridine rings is 1. The molecule has 0 bridgehead atoms. The van der Waals surface area contributed by atoms with Crippen molar-refractivity contribution in [1.82, 2.24) is 14.5 Å². The van der Waals surface area contributed by atoms with E-state index in [9.17, 15) is 18.0 Å². The van der Waals surface area contributed by atoms with Crippen LogP contribution in [0.3, 0.4) is 0 Å². The van der Waals surface area contributed by atoms with Crippen LogP contribution in [0.15, 0.2) is 76.8 Å². The maximum Gasteiger partial charge on any atom is 0.433 e. The normalized spacial score (nSPS) is 11.7. The molecule has 4 nitrogen and oxygen atoms in total. The van der Waals surface area contributed by atoms with Crippen molar-refractivity contribution in [2.75, 3.05) is 6.26 Å². The monoisotopic (exact) mass is 427 g/mol. The van der Waals surface area contributed by atoms with Crippen LogP contribution in [0.5, 0.6) is 0 Å². The first kappa shape index (κ1) is 20.2. The summed E-state index contributed by atoms with van der Waals surface area (Å²) in [7, 11) is 0. The molecule has 2 aromatic carbocycles. The lowest BCUT2D eigenvalue weighted by atomic mass is 10.0. The molecule has 0 aliphatic carbocycles. The lowest BCUT2D eigenvalue weighted by molar-refractivity contribution is -0.141. The van der Waals surface area contributed by atoms with Crippen molar-refractivity contribution in [3.05, 3.63) is 88.5 Å². The third kappa shape index (κ3) is 4.09. The van der Waals surface area contributed by atoms with E-state index in [2.05, 4.69) is 9.97 Å². The van der Waals surface area contributed by atoms with E-state index >= 15 is 0 Å². The van der Waals surface area contributed by atoms with Crippen molar-refractivity contribution in [3.63, 3.8) is 0 Å². The fourth-order valence-corrected chi connectivity index (χ4v) is 3.61. The zero-order valence-electron chi connectivity index (χ0n) is 15.8. The molecule has 0 atom stereocenters. The summed E-state index contributed by atoms with van der Waals surface area (Å²) in [4.78, 5) is 20.2. The van der Waals surface area contributed by atoms with Gasteiger partial charge in [-0.15, -0.1) is 0 Å². The third-order valence-electron chi connectivity index (χ3n) is 4.68. The van der Waals surface area contributed by atoms with Crippen LogP contribution in [0.4, 0.5) is 13.2 Å². The quantitative estimate of drug-likeness (QED) is 0.330. The van der Waals surface area contributed by atoms with Gasteiger partial charge >= 0.3 is 6.18 Å². The Morgan fingerprint density at radius 3 is 2.53 bits per heavy atom. The molecule has 30 heavy (non-hydrogen) atoms. The summed E-state index contributed by atoms with van der Waals surface area (Å²) in [5.41, 5.74) is 0.215. The van der Waals surface area contributed by atoms with Gasteiger partial charge in [0.25, 0.3) is 5.56 Å². The number of thioether (sulfide) groups is 1. The van der Waals surface area contributed by atoms with E-state index in [0.717, 1.165) is 34.2 Å². The predicted octanol–water partition coefficient (Wildman–Crippen LogP) is 5.25. The Morgan fingerprint density at radius 1 is 1.00 bits per heavy atom. The topological polar surface area (TPSA) is 47.8 Å². The summed E-state index contributed by atoms with van der Waals surface area (Å²) in [5, 5.41) is 2.09. The second kappa shape index (κ2) is 7.95. The smallest absolute Gasteiger partial charge is 0.310 e. The second-order valence-corrected chi connectivity index (χ2v) is 7.42. The van der Waals surface area contributed by atoms with Gasteiger partial charge in [0, 0.05) is 17.8 Å². The zero-order valence-corrected chi connectivity index (χ0v) is 16.7. The van der Waals surface area contributed by atoms with Gasteiger partial charge in [-0.2, -0.15) is 13.2 Å². The van der Waals surface area contributed by atoms with Crippen LogP contribution < -0.4 is 5.56 Å². The molecule has 0 amide bonds. The number of hydrogen-bond acceptors (Lipinski definition) is 4. The van der Waals surface area contributed by atoms with Gasteiger partial charge in [0.05, 0.1) is 12.2 Å². The van der Waals surface area contributed by atoms with Gasteiger partial charge in [-0.3, -0.25) is 4.79 Å². The summed E-state index contributed by atoms with van der Waals surface area (Å²) in [6.07, 6.45) is -1.43. The van der Waals surface area contributed by atoms with Gasteiger partial charge in [-0.1, -0.05) is 54.2 Å². The van der Waals surface area contributed by atoms with Crippen molar-refractivity contribution in [3.8, 4) is 11.3 Å². The Morgan fingerprint density at radius 2 is 1.77 bits per heavy atom. The minimum atomic E-state index is -4.58. The number of halogens is 3. The molecule has 0 saturated heterocycles. The minimum absolute atomic E-state index is 0.0200. The standard InChI is InChI=1S/C22H16F3N3OS/c1-30-21-26-18(11-19(27-21)22(23,24)25)16-9-10-20(29)28(13-16)12-15-7-4-6-14-5-2-3-8-17(14)15/h2-11,13H,12H2,1H3. The molecule has 0 N–H and O–H groups in total. The van der Waals surface area contributed by atoms with Crippen LogP contribution in [0.1, 0.15) is 11.3 Å². The highest BCUT2D eigenvalue weighted by Gasteiger charge is 2.33. The predicted molar refractivity (Wildman–Crippen MR) is 112 cm³/mol. The van der Waals surface area contributed by atoms with E-state index in [1.807, 2.05) is 42.5 Å². The molecule has 0 saturated carbocycles. The molecule has 0 fully saturated rings. The number of alkyl halides is 3. The number of aromatic nitrogens is 3. The highest BCUT2D eigenvalue weighted by atomic mass is 32.2. The van der Waals surface area contributed by atoms with E-state index in [0.29, 0.717) is 12.1 Å². The highest BCUT2D eigenvalue weighted by Crippen LogP contribution is 2.31. The highest BCUT2D eigenvalue weighted by molar-refractivity contribution is 7.98. The number of benzene rings is 2. The average Bonchev–Trinajstić information content (AvgIpc) is 2.74. The Balaban J connectivity index is 1.78. The molecule has 4 rings (SSSR count). The lowest BCUT2D eigenvalue weighted by Crippen LogP contribution is -2.19. The lowest BCUT2D eigenvalue weighted by Gasteiger charge is -2.12. The molecule has 0 aliphatic heterocycles. The number of nitrogens with zero attached hydrogens (tertiary/aromatic N) is 3. The van der Waals surface area contributed by atoms with Crippen LogP contribution >= 0.6 is 11.8 Å². The summed E-state index contributed by atoms with van der Waals surface area (Å²) in [6, 6.07) is 17.4. The first-order valence-corrected chi connectivity index (χ1v) is 10.3. The molecule has 0 radical (unpaired) electrons. The zero-order chi connectivity index (χ0) is 21.3. The number of hydrogen-bond donors (Lipinski definition) is 0. The van der Waals surface area contributed by atoms with Crippen LogP contribution in [-0.2, 0) is 12.7 Å². The molecule has 2 aromatic heterocycles. The van der Waals surface area contributed by atoms with Crippen molar-refractivity contribution in [2.24, 2.45) is 0 Å².